The Morgan fingerprint density at radius 1 is 1.40 bits per heavy atom. The normalized spacial score (nSPS) is 8.10. The monoisotopic (exact) mass is 134 g/mol. The minimum Gasteiger partial charge on any atom is -0.384 e. The molecule has 3 heteroatoms. The van der Waals surface area contributed by atoms with E-state index in [4.69, 9.17) is 5.11 Å². The van der Waals surface area contributed by atoms with E-state index in [0.717, 1.165) is 5.56 Å². The van der Waals surface area contributed by atoms with E-state index >= 15 is 0 Å². The van der Waals surface area contributed by atoms with E-state index in [1.807, 2.05) is 0 Å². The summed E-state index contributed by atoms with van der Waals surface area (Å²) >= 11 is 0. The number of aliphatic hydroxyl groups excluding tert-OH is 1. The van der Waals surface area contributed by atoms with Crippen molar-refractivity contribution in [1.82, 2.24) is 9.97 Å². The zero-order chi connectivity index (χ0) is 7.23. The second-order valence-corrected chi connectivity index (χ2v) is 1.59. The number of hydrogen-bond acceptors (Lipinski definition) is 3. The molecule has 3 nitrogen and oxygen atoms in total. The van der Waals surface area contributed by atoms with Crippen molar-refractivity contribution in [2.75, 3.05) is 6.61 Å². The molecule has 0 radical (unpaired) electrons. The predicted molar refractivity (Wildman–Crippen MR) is 36.0 cm³/mol. The lowest BCUT2D eigenvalue weighted by molar-refractivity contribution is 0.350. The van der Waals surface area contributed by atoms with Crippen LogP contribution in [0.4, 0.5) is 0 Å². The number of aromatic nitrogens is 2. The molecule has 0 amide bonds. The largest absolute Gasteiger partial charge is 0.384 e. The van der Waals surface area contributed by atoms with Gasteiger partial charge in [0.1, 0.15) is 12.9 Å². The predicted octanol–water partition coefficient (Wildman–Crippen LogP) is -0.180. The summed E-state index contributed by atoms with van der Waals surface area (Å²) in [5, 5.41) is 8.31. The summed E-state index contributed by atoms with van der Waals surface area (Å²) in [6, 6.07) is 0. The maximum absolute atomic E-state index is 8.31. The average Bonchev–Trinajstić information content (AvgIpc) is 2.03. The van der Waals surface area contributed by atoms with Gasteiger partial charge in [-0.2, -0.15) is 0 Å². The van der Waals surface area contributed by atoms with Crippen molar-refractivity contribution >= 4 is 0 Å². The highest BCUT2D eigenvalue weighted by Gasteiger charge is 1.80. The van der Waals surface area contributed by atoms with Crippen LogP contribution in [0.25, 0.3) is 0 Å². The van der Waals surface area contributed by atoms with Gasteiger partial charge in [-0.25, -0.2) is 9.97 Å². The molecule has 0 aliphatic heterocycles. The van der Waals surface area contributed by atoms with Gasteiger partial charge in [-0.15, -0.1) is 0 Å². The molecule has 1 N–H and O–H groups in total. The summed E-state index contributed by atoms with van der Waals surface area (Å²) in [7, 11) is 0. The van der Waals surface area contributed by atoms with E-state index in [0.29, 0.717) is 0 Å². The number of aliphatic hydroxyl groups is 1. The fourth-order valence-electron chi connectivity index (χ4n) is 0.505. The highest BCUT2D eigenvalue weighted by atomic mass is 16.2. The Balaban J connectivity index is 2.76. The summed E-state index contributed by atoms with van der Waals surface area (Å²) in [5.74, 6) is 5.16. The Morgan fingerprint density at radius 3 is 2.70 bits per heavy atom. The van der Waals surface area contributed by atoms with Crippen LogP contribution in [0.3, 0.4) is 0 Å². The quantitative estimate of drug-likeness (QED) is 0.501. The lowest BCUT2D eigenvalue weighted by Gasteiger charge is -1.83. The Bertz CT molecular complexity index is 247. The second-order valence-electron chi connectivity index (χ2n) is 1.59. The fourth-order valence-corrected chi connectivity index (χ4v) is 0.505. The highest BCUT2D eigenvalue weighted by molar-refractivity contribution is 5.28. The molecule has 0 aliphatic carbocycles. The smallest absolute Gasteiger partial charge is 0.115 e. The summed E-state index contributed by atoms with van der Waals surface area (Å²) in [6.45, 7) is -0.130. The van der Waals surface area contributed by atoms with Crippen molar-refractivity contribution in [3.8, 4) is 11.8 Å². The molecule has 0 unspecified atom stereocenters. The van der Waals surface area contributed by atoms with Crippen LogP contribution in [0.5, 0.6) is 0 Å². The van der Waals surface area contributed by atoms with Gasteiger partial charge in [-0.3, -0.25) is 0 Å². The van der Waals surface area contributed by atoms with Gasteiger partial charge in [0.25, 0.3) is 0 Å². The molecule has 0 aliphatic rings. The van der Waals surface area contributed by atoms with E-state index in [9.17, 15) is 0 Å². The van der Waals surface area contributed by atoms with Gasteiger partial charge in [-0.1, -0.05) is 11.8 Å². The third-order valence-corrected chi connectivity index (χ3v) is 0.872. The van der Waals surface area contributed by atoms with Crippen molar-refractivity contribution < 1.29 is 5.11 Å². The minimum absolute atomic E-state index is 0.130. The summed E-state index contributed by atoms with van der Waals surface area (Å²) in [6.07, 6.45) is 4.62. The molecule has 1 aromatic rings. The molecule has 0 atom stereocenters. The van der Waals surface area contributed by atoms with Crippen LogP contribution in [0, 0.1) is 11.8 Å². The van der Waals surface area contributed by atoms with Crippen LogP contribution in [-0.2, 0) is 0 Å². The van der Waals surface area contributed by atoms with E-state index in [1.165, 1.54) is 6.33 Å². The first kappa shape index (κ1) is 6.72. The zero-order valence-corrected chi connectivity index (χ0v) is 5.28. The summed E-state index contributed by atoms with van der Waals surface area (Å²) < 4.78 is 0. The Hall–Kier alpha value is -1.40. The lowest BCUT2D eigenvalue weighted by atomic mass is 10.3. The first-order chi connectivity index (χ1) is 4.93. The van der Waals surface area contributed by atoms with Crippen molar-refractivity contribution in [1.29, 1.82) is 0 Å². The second kappa shape index (κ2) is 3.59. The molecular formula is C7H6N2O. The summed E-state index contributed by atoms with van der Waals surface area (Å²) in [4.78, 5) is 7.48. The third-order valence-electron chi connectivity index (χ3n) is 0.872. The first-order valence-corrected chi connectivity index (χ1v) is 2.78. The van der Waals surface area contributed by atoms with Gasteiger partial charge in [0, 0.05) is 12.4 Å². The average molecular weight is 134 g/mol. The van der Waals surface area contributed by atoms with Crippen LogP contribution in [0.1, 0.15) is 5.56 Å². The minimum atomic E-state index is -0.130. The highest BCUT2D eigenvalue weighted by Crippen LogP contribution is 1.86. The topological polar surface area (TPSA) is 46.0 Å². The van der Waals surface area contributed by atoms with Gasteiger partial charge < -0.3 is 5.11 Å². The number of hydrogen-bond donors (Lipinski definition) is 1. The standard InChI is InChI=1S/C7H6N2O/c10-3-1-2-7-4-8-6-9-5-7/h4-6,10H,3H2. The SMILES string of the molecule is OCC#Cc1cncnc1. The van der Waals surface area contributed by atoms with Crippen LogP contribution in [0.2, 0.25) is 0 Å². The molecule has 0 saturated heterocycles. The molecule has 0 spiro atoms. The van der Waals surface area contributed by atoms with Crippen LogP contribution >= 0.6 is 0 Å². The van der Waals surface area contributed by atoms with Gasteiger partial charge in [0.15, 0.2) is 0 Å². The molecule has 1 aromatic heterocycles. The van der Waals surface area contributed by atoms with Crippen LogP contribution in [-0.4, -0.2) is 21.7 Å². The number of rotatable bonds is 0. The fraction of sp³-hybridized carbons (Fsp3) is 0.143. The van der Waals surface area contributed by atoms with Crippen molar-refractivity contribution in [3.05, 3.63) is 24.3 Å². The van der Waals surface area contributed by atoms with Crippen LogP contribution < -0.4 is 0 Å². The van der Waals surface area contributed by atoms with Gasteiger partial charge in [0.05, 0.1) is 5.56 Å². The van der Waals surface area contributed by atoms with Gasteiger partial charge in [0.2, 0.25) is 0 Å². The Kier molecular flexibility index (Phi) is 2.41. The molecule has 0 aromatic carbocycles. The van der Waals surface area contributed by atoms with Crippen molar-refractivity contribution in [3.63, 3.8) is 0 Å². The Labute approximate surface area is 58.8 Å². The first-order valence-electron chi connectivity index (χ1n) is 2.78. The molecule has 10 heavy (non-hydrogen) atoms. The molecule has 0 fully saturated rings. The maximum Gasteiger partial charge on any atom is 0.115 e. The van der Waals surface area contributed by atoms with E-state index in [1.54, 1.807) is 12.4 Å². The molecule has 0 saturated carbocycles. The molecule has 1 heterocycles. The molecule has 1 rings (SSSR count). The molecule has 0 bridgehead atoms. The van der Waals surface area contributed by atoms with Gasteiger partial charge in [-0.05, 0) is 0 Å². The van der Waals surface area contributed by atoms with E-state index in [2.05, 4.69) is 21.8 Å². The van der Waals surface area contributed by atoms with Gasteiger partial charge >= 0.3 is 0 Å². The maximum atomic E-state index is 8.31. The number of nitrogens with zero attached hydrogens (tertiary/aromatic N) is 2. The third kappa shape index (κ3) is 1.84. The lowest BCUT2D eigenvalue weighted by Crippen LogP contribution is -1.80. The zero-order valence-electron chi connectivity index (χ0n) is 5.28. The van der Waals surface area contributed by atoms with Crippen LogP contribution in [0.15, 0.2) is 18.7 Å². The molecular weight excluding hydrogens is 128 g/mol. The molecule has 50 valence electrons. The van der Waals surface area contributed by atoms with E-state index in [-0.39, 0.29) is 6.61 Å². The van der Waals surface area contributed by atoms with E-state index < -0.39 is 0 Å². The Morgan fingerprint density at radius 2 is 2.10 bits per heavy atom. The summed E-state index contributed by atoms with van der Waals surface area (Å²) in [5.41, 5.74) is 0.719. The van der Waals surface area contributed by atoms with Crippen molar-refractivity contribution in [2.24, 2.45) is 0 Å². The van der Waals surface area contributed by atoms with Crippen molar-refractivity contribution in [2.45, 2.75) is 0 Å².